The van der Waals surface area contributed by atoms with E-state index in [1.807, 2.05) is 30.0 Å². The van der Waals surface area contributed by atoms with Crippen molar-refractivity contribution in [3.63, 3.8) is 0 Å². The first kappa shape index (κ1) is 20.0. The van der Waals surface area contributed by atoms with Gasteiger partial charge in [-0.2, -0.15) is 0 Å². The smallest absolute Gasteiger partial charge is 0.233 e. The number of aromatic amines is 1. The van der Waals surface area contributed by atoms with Crippen molar-refractivity contribution in [2.75, 3.05) is 18.8 Å². The molecule has 1 aromatic carbocycles. The van der Waals surface area contributed by atoms with E-state index in [2.05, 4.69) is 29.0 Å². The third-order valence-corrected chi connectivity index (χ3v) is 5.82. The molecule has 0 bridgehead atoms. The summed E-state index contributed by atoms with van der Waals surface area (Å²) in [4.78, 5) is 18.8. The maximum Gasteiger partial charge on any atom is 0.233 e. The molecule has 8 heteroatoms. The van der Waals surface area contributed by atoms with Crippen LogP contribution in [0.4, 0.5) is 0 Å². The van der Waals surface area contributed by atoms with Gasteiger partial charge in [-0.1, -0.05) is 37.2 Å². The average molecular weight is 409 g/mol. The number of hydrogen-bond acceptors (Lipinski definition) is 5. The van der Waals surface area contributed by atoms with Gasteiger partial charge in [0.25, 0.3) is 0 Å². The SMILES string of the molecule is Cc1cc(OCc2nc(SCC(=O)N3CC(C)CC(C)C3)n[nH]2)ccc1Cl. The molecule has 1 aliphatic rings. The lowest BCUT2D eigenvalue weighted by molar-refractivity contribution is -0.130. The molecule has 3 rings (SSSR count). The summed E-state index contributed by atoms with van der Waals surface area (Å²) in [5.41, 5.74) is 0.961. The van der Waals surface area contributed by atoms with E-state index >= 15 is 0 Å². The van der Waals surface area contributed by atoms with Crippen molar-refractivity contribution in [3.05, 3.63) is 34.6 Å². The van der Waals surface area contributed by atoms with Gasteiger partial charge >= 0.3 is 0 Å². The van der Waals surface area contributed by atoms with Crippen LogP contribution in [-0.2, 0) is 11.4 Å². The Morgan fingerprint density at radius 2 is 2.11 bits per heavy atom. The minimum atomic E-state index is 0.151. The number of piperidine rings is 1. The fraction of sp³-hybridized carbons (Fsp3) is 0.526. The van der Waals surface area contributed by atoms with Crippen LogP contribution < -0.4 is 4.74 Å². The number of nitrogens with zero attached hydrogens (tertiary/aromatic N) is 3. The largest absolute Gasteiger partial charge is 0.486 e. The number of H-pyrrole nitrogens is 1. The van der Waals surface area contributed by atoms with E-state index in [-0.39, 0.29) is 12.5 Å². The highest BCUT2D eigenvalue weighted by Gasteiger charge is 2.25. The van der Waals surface area contributed by atoms with Crippen molar-refractivity contribution in [1.82, 2.24) is 20.1 Å². The summed E-state index contributed by atoms with van der Waals surface area (Å²) in [6, 6.07) is 5.51. The molecule has 2 heterocycles. The number of thioether (sulfide) groups is 1. The summed E-state index contributed by atoms with van der Waals surface area (Å²) in [5, 5.41) is 8.30. The number of aryl methyl sites for hydroxylation is 1. The molecule has 2 atom stereocenters. The van der Waals surface area contributed by atoms with Crippen LogP contribution in [0.25, 0.3) is 0 Å². The number of hydrogen-bond donors (Lipinski definition) is 1. The zero-order valence-electron chi connectivity index (χ0n) is 15.9. The van der Waals surface area contributed by atoms with E-state index in [1.165, 1.54) is 18.2 Å². The highest BCUT2D eigenvalue weighted by molar-refractivity contribution is 7.99. The number of halogens is 1. The van der Waals surface area contributed by atoms with Crippen LogP contribution in [0, 0.1) is 18.8 Å². The molecular formula is C19H25ClN4O2S. The Hall–Kier alpha value is -1.73. The minimum Gasteiger partial charge on any atom is -0.486 e. The van der Waals surface area contributed by atoms with Crippen molar-refractivity contribution in [2.24, 2.45) is 11.8 Å². The maximum atomic E-state index is 12.4. The van der Waals surface area contributed by atoms with E-state index in [9.17, 15) is 4.79 Å². The Morgan fingerprint density at radius 1 is 1.37 bits per heavy atom. The van der Waals surface area contributed by atoms with Gasteiger partial charge in [0.2, 0.25) is 11.1 Å². The van der Waals surface area contributed by atoms with Crippen LogP contribution in [0.15, 0.2) is 23.4 Å². The molecule has 0 spiro atoms. The molecule has 0 radical (unpaired) electrons. The average Bonchev–Trinajstić information content (AvgIpc) is 3.08. The molecule has 1 saturated heterocycles. The normalized spacial score (nSPS) is 19.9. The fourth-order valence-corrected chi connectivity index (χ4v) is 4.19. The van der Waals surface area contributed by atoms with Crippen molar-refractivity contribution in [2.45, 2.75) is 39.0 Å². The summed E-state index contributed by atoms with van der Waals surface area (Å²) in [7, 11) is 0. The van der Waals surface area contributed by atoms with Crippen LogP contribution in [0.2, 0.25) is 5.02 Å². The number of carbonyl (C=O) groups is 1. The lowest BCUT2D eigenvalue weighted by Gasteiger charge is -2.34. The minimum absolute atomic E-state index is 0.151. The number of nitrogens with one attached hydrogen (secondary N) is 1. The zero-order valence-corrected chi connectivity index (χ0v) is 17.4. The van der Waals surface area contributed by atoms with Gasteiger partial charge in [-0.15, -0.1) is 5.10 Å². The van der Waals surface area contributed by atoms with Gasteiger partial charge in [-0.05, 0) is 48.9 Å². The number of amides is 1. The summed E-state index contributed by atoms with van der Waals surface area (Å²) in [6.45, 7) is 8.30. The Kier molecular flexibility index (Phi) is 6.65. The van der Waals surface area contributed by atoms with Gasteiger partial charge in [0, 0.05) is 18.1 Å². The highest BCUT2D eigenvalue weighted by Crippen LogP contribution is 2.23. The van der Waals surface area contributed by atoms with E-state index in [1.54, 1.807) is 0 Å². The molecule has 0 aliphatic carbocycles. The molecule has 1 aromatic heterocycles. The lowest BCUT2D eigenvalue weighted by atomic mass is 9.92. The molecule has 0 saturated carbocycles. The molecule has 1 N–H and O–H groups in total. The van der Waals surface area contributed by atoms with Gasteiger partial charge in [-0.3, -0.25) is 9.89 Å². The summed E-state index contributed by atoms with van der Waals surface area (Å²) in [5.74, 6) is 2.98. The molecule has 6 nitrogen and oxygen atoms in total. The number of ether oxygens (including phenoxy) is 1. The second kappa shape index (κ2) is 8.97. The topological polar surface area (TPSA) is 71.1 Å². The summed E-state index contributed by atoms with van der Waals surface area (Å²) < 4.78 is 5.71. The number of aromatic nitrogens is 3. The van der Waals surface area contributed by atoms with Crippen LogP contribution in [0.5, 0.6) is 5.75 Å². The van der Waals surface area contributed by atoms with E-state index in [0.717, 1.165) is 24.4 Å². The van der Waals surface area contributed by atoms with Gasteiger partial charge in [0.05, 0.1) is 5.75 Å². The molecule has 2 unspecified atom stereocenters. The summed E-state index contributed by atoms with van der Waals surface area (Å²) in [6.07, 6.45) is 1.19. The maximum absolute atomic E-state index is 12.4. The van der Waals surface area contributed by atoms with Gasteiger partial charge < -0.3 is 9.64 Å². The van der Waals surface area contributed by atoms with E-state index in [4.69, 9.17) is 16.3 Å². The predicted octanol–water partition coefficient (Wildman–Crippen LogP) is 3.94. The highest BCUT2D eigenvalue weighted by atomic mass is 35.5. The van der Waals surface area contributed by atoms with Gasteiger partial charge in [-0.25, -0.2) is 4.98 Å². The quantitative estimate of drug-likeness (QED) is 0.733. The number of benzene rings is 1. The molecule has 27 heavy (non-hydrogen) atoms. The fourth-order valence-electron chi connectivity index (χ4n) is 3.35. The Morgan fingerprint density at radius 3 is 2.81 bits per heavy atom. The van der Waals surface area contributed by atoms with Crippen LogP contribution in [0.3, 0.4) is 0 Å². The van der Waals surface area contributed by atoms with Crippen molar-refractivity contribution in [3.8, 4) is 5.75 Å². The number of likely N-dealkylation sites (tertiary alicyclic amines) is 1. The predicted molar refractivity (Wildman–Crippen MR) is 107 cm³/mol. The Labute approximate surface area is 169 Å². The van der Waals surface area contributed by atoms with Crippen molar-refractivity contribution in [1.29, 1.82) is 0 Å². The molecule has 1 aliphatic heterocycles. The van der Waals surface area contributed by atoms with Crippen LogP contribution in [0.1, 0.15) is 31.7 Å². The second-order valence-corrected chi connectivity index (χ2v) is 8.65. The molecule has 146 valence electrons. The first-order valence-electron chi connectivity index (χ1n) is 9.11. The Bertz CT molecular complexity index is 788. The first-order chi connectivity index (χ1) is 12.9. The monoisotopic (exact) mass is 408 g/mol. The second-order valence-electron chi connectivity index (χ2n) is 7.30. The molecule has 2 aromatic rings. The first-order valence-corrected chi connectivity index (χ1v) is 10.5. The molecule has 1 fully saturated rings. The Balaban J connectivity index is 1.47. The van der Waals surface area contributed by atoms with Gasteiger partial charge in [0.15, 0.2) is 5.82 Å². The van der Waals surface area contributed by atoms with Crippen molar-refractivity contribution < 1.29 is 9.53 Å². The third-order valence-electron chi connectivity index (χ3n) is 4.56. The number of carbonyl (C=O) groups excluding carboxylic acids is 1. The standard InChI is InChI=1S/C19H25ClN4O2S/c1-12-6-13(2)9-24(8-12)18(25)11-27-19-21-17(22-23-19)10-26-15-4-5-16(20)14(3)7-15/h4-5,7,12-13H,6,8-11H2,1-3H3,(H,21,22,23). The zero-order chi connectivity index (χ0) is 19.4. The number of rotatable bonds is 6. The van der Waals surface area contributed by atoms with E-state index in [0.29, 0.717) is 33.6 Å². The van der Waals surface area contributed by atoms with Crippen LogP contribution in [-0.4, -0.2) is 44.8 Å². The van der Waals surface area contributed by atoms with E-state index < -0.39 is 0 Å². The van der Waals surface area contributed by atoms with Crippen molar-refractivity contribution >= 4 is 29.3 Å². The van der Waals surface area contributed by atoms with Gasteiger partial charge in [0.1, 0.15) is 12.4 Å². The molecule has 1 amide bonds. The summed E-state index contributed by atoms with van der Waals surface area (Å²) >= 11 is 7.37. The lowest BCUT2D eigenvalue weighted by Crippen LogP contribution is -2.43. The third kappa shape index (κ3) is 5.62. The molecular weight excluding hydrogens is 384 g/mol. The van der Waals surface area contributed by atoms with Crippen LogP contribution >= 0.6 is 23.4 Å².